The number of carbonyl (C=O) groups is 1. The van der Waals surface area contributed by atoms with Crippen LogP contribution in [0.25, 0.3) is 21.3 Å². The first-order valence-electron chi connectivity index (χ1n) is 16.3. The Labute approximate surface area is 288 Å². The van der Waals surface area contributed by atoms with Crippen LogP contribution >= 0.6 is 11.3 Å². The van der Waals surface area contributed by atoms with Gasteiger partial charge in [0.1, 0.15) is 5.82 Å². The largest absolute Gasteiger partial charge is 0.416 e. The number of amides is 1. The Morgan fingerprint density at radius 1 is 1.08 bits per heavy atom. The molecule has 1 aliphatic rings. The molecule has 0 unspecified atom stereocenters. The number of aryl methyl sites for hydroxylation is 2. The highest BCUT2D eigenvalue weighted by Gasteiger charge is 2.30. The van der Waals surface area contributed by atoms with E-state index in [4.69, 9.17) is 5.73 Å². The molecule has 0 aliphatic carbocycles. The number of nitrogens with one attached hydrogen (secondary N) is 2. The van der Waals surface area contributed by atoms with E-state index in [9.17, 15) is 30.8 Å². The monoisotopic (exact) mass is 724 g/mol. The standard InChI is InChI=1S/C30H33F4N5OS.C4H11NO2S/c1-19-18-39(37-27(19)21-3-5-22(6-4-21)30(32,33)34)14-2-13-38-15-9-20(10-16-38)26-24-8-7-23(31)17-25(24)41-28(26)29(40)36-12-11-35;1-3-4-5-8(2,6)7/h3-8,17-18,20H,2,9-16,35H2,1H3,(H,36,40);5H,3-4H2,1-2H3. The molecule has 0 spiro atoms. The summed E-state index contributed by atoms with van der Waals surface area (Å²) in [5.41, 5.74) is 8.18. The maximum atomic E-state index is 13.9. The summed E-state index contributed by atoms with van der Waals surface area (Å²) in [7, 11) is -2.94. The van der Waals surface area contributed by atoms with E-state index in [1.165, 1.54) is 35.6 Å². The molecular formula is C34H44F4N6O3S2. The van der Waals surface area contributed by atoms with Crippen LogP contribution in [0.15, 0.2) is 48.7 Å². The van der Waals surface area contributed by atoms with Crippen molar-refractivity contribution in [2.45, 2.75) is 58.2 Å². The molecule has 1 fully saturated rings. The molecule has 268 valence electrons. The summed E-state index contributed by atoms with van der Waals surface area (Å²) >= 11 is 1.34. The molecule has 49 heavy (non-hydrogen) atoms. The number of hydrogen-bond donors (Lipinski definition) is 3. The summed E-state index contributed by atoms with van der Waals surface area (Å²) in [6.07, 6.45) is 2.25. The van der Waals surface area contributed by atoms with Gasteiger partial charge in [0.25, 0.3) is 5.91 Å². The molecule has 4 aromatic rings. The van der Waals surface area contributed by atoms with Gasteiger partial charge in [-0.3, -0.25) is 9.48 Å². The number of aromatic nitrogens is 2. The van der Waals surface area contributed by atoms with Crippen molar-refractivity contribution >= 4 is 37.4 Å². The second-order valence-electron chi connectivity index (χ2n) is 12.2. The number of halogens is 4. The Hall–Kier alpha value is -3.37. The number of nitrogens with two attached hydrogens (primary N) is 1. The SMILES string of the molecule is CCCNS(C)(=O)=O.Cc1cn(CCCN2CCC(c3c(C(=O)NCCN)sc4cc(F)ccc34)CC2)nc1-c1ccc(C(F)(F)F)cc1. The molecule has 1 amide bonds. The summed E-state index contributed by atoms with van der Waals surface area (Å²) in [5, 5.41) is 8.45. The molecule has 9 nitrogen and oxygen atoms in total. The van der Waals surface area contributed by atoms with E-state index in [0.29, 0.717) is 42.3 Å². The fourth-order valence-electron chi connectivity index (χ4n) is 5.86. The zero-order valence-corrected chi connectivity index (χ0v) is 29.6. The maximum Gasteiger partial charge on any atom is 0.416 e. The number of thiophene rings is 1. The lowest BCUT2D eigenvalue weighted by Gasteiger charge is -2.32. The summed E-state index contributed by atoms with van der Waals surface area (Å²) in [6, 6.07) is 9.84. The minimum atomic E-state index is -4.36. The molecule has 4 N–H and O–H groups in total. The third-order valence-electron chi connectivity index (χ3n) is 8.23. The molecule has 0 bridgehead atoms. The third-order valence-corrected chi connectivity index (χ3v) is 10.1. The number of likely N-dealkylation sites (tertiary alicyclic amines) is 1. The van der Waals surface area contributed by atoms with Crippen molar-refractivity contribution in [1.29, 1.82) is 0 Å². The smallest absolute Gasteiger partial charge is 0.350 e. The van der Waals surface area contributed by atoms with E-state index >= 15 is 0 Å². The quantitative estimate of drug-likeness (QED) is 0.151. The van der Waals surface area contributed by atoms with Crippen molar-refractivity contribution in [1.82, 2.24) is 24.7 Å². The number of nitrogens with zero attached hydrogens (tertiary/aromatic N) is 3. The molecule has 15 heteroatoms. The molecular weight excluding hydrogens is 681 g/mol. The topological polar surface area (TPSA) is 122 Å². The van der Waals surface area contributed by atoms with Crippen LogP contribution in [-0.4, -0.2) is 74.5 Å². The van der Waals surface area contributed by atoms with Gasteiger partial charge in [0.05, 0.1) is 22.4 Å². The second kappa shape index (κ2) is 17.0. The molecule has 0 radical (unpaired) electrons. The van der Waals surface area contributed by atoms with Crippen LogP contribution in [0.5, 0.6) is 0 Å². The first kappa shape index (κ1) is 38.4. The van der Waals surface area contributed by atoms with Crippen molar-refractivity contribution in [3.05, 3.63) is 76.0 Å². The Morgan fingerprint density at radius 2 is 1.78 bits per heavy atom. The van der Waals surface area contributed by atoms with Crippen LogP contribution in [0.3, 0.4) is 0 Å². The van der Waals surface area contributed by atoms with Crippen LogP contribution in [-0.2, 0) is 22.7 Å². The fourth-order valence-corrected chi connectivity index (χ4v) is 7.66. The lowest BCUT2D eigenvalue weighted by atomic mass is 9.87. The zero-order chi connectivity index (χ0) is 35.8. The number of carbonyl (C=O) groups excluding carboxylic acids is 1. The van der Waals surface area contributed by atoms with Gasteiger partial charge in [0, 0.05) is 42.6 Å². The van der Waals surface area contributed by atoms with Gasteiger partial charge < -0.3 is 16.0 Å². The lowest BCUT2D eigenvalue weighted by Crippen LogP contribution is -2.35. The summed E-state index contributed by atoms with van der Waals surface area (Å²) in [6.45, 7) is 8.48. The van der Waals surface area contributed by atoms with E-state index in [1.807, 2.05) is 24.7 Å². The fraction of sp³-hybridized carbons (Fsp3) is 0.471. The highest BCUT2D eigenvalue weighted by atomic mass is 32.2. The minimum absolute atomic E-state index is 0.153. The van der Waals surface area contributed by atoms with Crippen molar-refractivity contribution in [2.75, 3.05) is 45.5 Å². The van der Waals surface area contributed by atoms with Gasteiger partial charge in [-0.15, -0.1) is 11.3 Å². The number of rotatable bonds is 12. The summed E-state index contributed by atoms with van der Waals surface area (Å²) in [4.78, 5) is 16.0. The van der Waals surface area contributed by atoms with Gasteiger partial charge in [-0.05, 0) is 98.9 Å². The van der Waals surface area contributed by atoms with E-state index in [0.717, 1.165) is 84.9 Å². The van der Waals surface area contributed by atoms with Gasteiger partial charge in [-0.25, -0.2) is 17.5 Å². The third kappa shape index (κ3) is 10.8. The van der Waals surface area contributed by atoms with E-state index in [1.54, 1.807) is 6.07 Å². The average molecular weight is 725 g/mol. The summed E-state index contributed by atoms with van der Waals surface area (Å²) in [5.74, 6) is -0.253. The van der Waals surface area contributed by atoms with E-state index in [-0.39, 0.29) is 17.6 Å². The Balaban J connectivity index is 0.000000603. The first-order chi connectivity index (χ1) is 23.2. The van der Waals surface area contributed by atoms with E-state index < -0.39 is 21.8 Å². The predicted octanol–water partition coefficient (Wildman–Crippen LogP) is 6.13. The number of benzene rings is 2. The van der Waals surface area contributed by atoms with Crippen LogP contribution in [0.2, 0.25) is 0 Å². The first-order valence-corrected chi connectivity index (χ1v) is 19.0. The molecule has 3 heterocycles. The van der Waals surface area contributed by atoms with Gasteiger partial charge in [0.15, 0.2) is 0 Å². The van der Waals surface area contributed by atoms with Gasteiger partial charge in [-0.1, -0.05) is 25.1 Å². The van der Waals surface area contributed by atoms with Crippen LogP contribution in [0.4, 0.5) is 17.6 Å². The predicted molar refractivity (Wildman–Crippen MR) is 187 cm³/mol. The lowest BCUT2D eigenvalue weighted by molar-refractivity contribution is -0.137. The molecule has 0 atom stereocenters. The highest BCUT2D eigenvalue weighted by Crippen LogP contribution is 2.41. The number of sulfonamides is 1. The van der Waals surface area contributed by atoms with Gasteiger partial charge in [0.2, 0.25) is 10.0 Å². The Kier molecular flexibility index (Phi) is 13.4. The average Bonchev–Trinajstić information content (AvgIpc) is 3.62. The number of alkyl halides is 3. The van der Waals surface area contributed by atoms with E-state index in [2.05, 4.69) is 20.0 Å². The van der Waals surface area contributed by atoms with Gasteiger partial charge in [-0.2, -0.15) is 18.3 Å². The molecule has 1 saturated heterocycles. The summed E-state index contributed by atoms with van der Waals surface area (Å²) < 4.78 is 78.2. The normalized spacial score (nSPS) is 14.5. The molecule has 2 aromatic heterocycles. The van der Waals surface area contributed by atoms with Crippen molar-refractivity contribution in [2.24, 2.45) is 5.73 Å². The van der Waals surface area contributed by atoms with Crippen molar-refractivity contribution < 1.29 is 30.8 Å². The molecule has 0 saturated carbocycles. The number of piperidine rings is 1. The van der Waals surface area contributed by atoms with Crippen molar-refractivity contribution in [3.8, 4) is 11.3 Å². The zero-order valence-electron chi connectivity index (χ0n) is 27.9. The second-order valence-corrected chi connectivity index (χ2v) is 15.0. The molecule has 1 aliphatic heterocycles. The number of fused-ring (bicyclic) bond motifs is 1. The minimum Gasteiger partial charge on any atom is -0.350 e. The maximum absolute atomic E-state index is 13.9. The van der Waals surface area contributed by atoms with Crippen molar-refractivity contribution in [3.63, 3.8) is 0 Å². The van der Waals surface area contributed by atoms with Gasteiger partial charge >= 0.3 is 6.18 Å². The molecule has 5 rings (SSSR count). The Morgan fingerprint density at radius 3 is 2.37 bits per heavy atom. The van der Waals surface area contributed by atoms with Crippen LogP contribution < -0.4 is 15.8 Å². The number of hydrogen-bond acceptors (Lipinski definition) is 7. The molecule has 2 aromatic carbocycles. The Bertz CT molecular complexity index is 1800. The van der Waals surface area contributed by atoms with Crippen LogP contribution in [0, 0.1) is 12.7 Å². The van der Waals surface area contributed by atoms with Crippen LogP contribution in [0.1, 0.15) is 64.9 Å². The highest BCUT2D eigenvalue weighted by molar-refractivity contribution is 7.88.